The predicted molar refractivity (Wildman–Crippen MR) is 92.4 cm³/mol. The van der Waals surface area contributed by atoms with Crippen molar-refractivity contribution in [3.05, 3.63) is 72.8 Å². The van der Waals surface area contributed by atoms with Crippen molar-refractivity contribution < 1.29 is 9.05 Å². The van der Waals surface area contributed by atoms with Crippen LogP contribution in [0.2, 0.25) is 0 Å². The SMILES string of the molecule is c1ccc2c(-c3ccc(-c4noc5ccccc45)cc3)noc2c1. The minimum atomic E-state index is 0.791. The van der Waals surface area contributed by atoms with Gasteiger partial charge in [-0.3, -0.25) is 0 Å². The standard InChI is InChI=1S/C20H12N2O2/c1-3-7-17-15(5-1)19(21-23-17)13-9-11-14(12-10-13)20-16-6-2-4-8-18(16)24-22-20/h1-12H. The monoisotopic (exact) mass is 312 g/mol. The Balaban J connectivity index is 1.60. The number of nitrogens with zero attached hydrogens (tertiary/aromatic N) is 2. The zero-order valence-corrected chi connectivity index (χ0v) is 12.6. The van der Waals surface area contributed by atoms with Gasteiger partial charge >= 0.3 is 0 Å². The zero-order valence-electron chi connectivity index (χ0n) is 12.6. The van der Waals surface area contributed by atoms with E-state index in [0.717, 1.165) is 44.5 Å². The molecule has 0 amide bonds. The molecule has 0 saturated carbocycles. The smallest absolute Gasteiger partial charge is 0.167 e. The molecule has 4 nitrogen and oxygen atoms in total. The van der Waals surface area contributed by atoms with Gasteiger partial charge in [-0.1, -0.05) is 58.8 Å². The molecule has 0 spiro atoms. The second kappa shape index (κ2) is 5.06. The maximum atomic E-state index is 5.39. The van der Waals surface area contributed by atoms with E-state index in [4.69, 9.17) is 9.05 Å². The molecule has 4 heteroatoms. The van der Waals surface area contributed by atoms with Crippen molar-refractivity contribution in [3.8, 4) is 22.5 Å². The summed E-state index contributed by atoms with van der Waals surface area (Å²) in [6.45, 7) is 0. The summed E-state index contributed by atoms with van der Waals surface area (Å²) in [5.41, 5.74) is 5.30. The molecule has 0 aliphatic rings. The van der Waals surface area contributed by atoms with Gasteiger partial charge in [0.1, 0.15) is 11.4 Å². The lowest BCUT2D eigenvalue weighted by molar-refractivity contribution is 0.459. The molecule has 0 aliphatic carbocycles. The molecular formula is C20H12N2O2. The van der Waals surface area contributed by atoms with Crippen LogP contribution in [-0.4, -0.2) is 10.3 Å². The highest BCUT2D eigenvalue weighted by molar-refractivity contribution is 5.93. The molecule has 5 rings (SSSR count). The molecule has 3 aromatic carbocycles. The number of hydrogen-bond acceptors (Lipinski definition) is 4. The summed E-state index contributed by atoms with van der Waals surface area (Å²) in [4.78, 5) is 0. The molecule has 0 atom stereocenters. The molecule has 0 saturated heterocycles. The number of fused-ring (bicyclic) bond motifs is 2. The second-order valence-corrected chi connectivity index (χ2v) is 5.63. The van der Waals surface area contributed by atoms with Gasteiger partial charge in [-0.2, -0.15) is 0 Å². The normalized spacial score (nSPS) is 11.3. The highest BCUT2D eigenvalue weighted by atomic mass is 16.5. The Morgan fingerprint density at radius 1 is 0.500 bits per heavy atom. The molecule has 0 bridgehead atoms. The van der Waals surface area contributed by atoms with Crippen LogP contribution in [0.4, 0.5) is 0 Å². The van der Waals surface area contributed by atoms with Crippen molar-refractivity contribution in [2.24, 2.45) is 0 Å². The van der Waals surface area contributed by atoms with Gasteiger partial charge in [0.15, 0.2) is 11.2 Å². The third kappa shape index (κ3) is 1.93. The zero-order chi connectivity index (χ0) is 15.9. The first kappa shape index (κ1) is 13.1. The summed E-state index contributed by atoms with van der Waals surface area (Å²) in [6, 6.07) is 23.8. The first-order chi connectivity index (χ1) is 11.9. The predicted octanol–water partition coefficient (Wildman–Crippen LogP) is 5.30. The van der Waals surface area contributed by atoms with Crippen LogP contribution in [0, 0.1) is 0 Å². The fourth-order valence-electron chi connectivity index (χ4n) is 2.97. The van der Waals surface area contributed by atoms with Crippen molar-refractivity contribution >= 4 is 21.9 Å². The van der Waals surface area contributed by atoms with Crippen molar-refractivity contribution in [1.82, 2.24) is 10.3 Å². The van der Waals surface area contributed by atoms with Crippen LogP contribution < -0.4 is 0 Å². The highest BCUT2D eigenvalue weighted by Gasteiger charge is 2.12. The summed E-state index contributed by atoms with van der Waals surface area (Å²) in [5, 5.41) is 10.4. The Bertz CT molecular complexity index is 1060. The molecule has 0 fully saturated rings. The van der Waals surface area contributed by atoms with Crippen molar-refractivity contribution in [2.75, 3.05) is 0 Å². The summed E-state index contributed by atoms with van der Waals surface area (Å²) in [5.74, 6) is 0. The molecule has 0 aliphatic heterocycles. The topological polar surface area (TPSA) is 52.1 Å². The fourth-order valence-corrected chi connectivity index (χ4v) is 2.97. The maximum Gasteiger partial charge on any atom is 0.167 e. The number of benzene rings is 3. The number of aromatic nitrogens is 2. The van der Waals surface area contributed by atoms with Crippen LogP contribution in [-0.2, 0) is 0 Å². The van der Waals surface area contributed by atoms with Crippen LogP contribution in [0.5, 0.6) is 0 Å². The molecule has 5 aromatic rings. The van der Waals surface area contributed by atoms with E-state index >= 15 is 0 Å². The van der Waals surface area contributed by atoms with Gasteiger partial charge < -0.3 is 9.05 Å². The van der Waals surface area contributed by atoms with E-state index in [1.54, 1.807) is 0 Å². The molecule has 114 valence electrons. The van der Waals surface area contributed by atoms with E-state index in [1.807, 2.05) is 72.8 Å². The summed E-state index contributed by atoms with van der Waals surface area (Å²) < 4.78 is 10.8. The largest absolute Gasteiger partial charge is 0.356 e. The average molecular weight is 312 g/mol. The maximum absolute atomic E-state index is 5.39. The number of para-hydroxylation sites is 2. The van der Waals surface area contributed by atoms with Crippen LogP contribution in [0.15, 0.2) is 81.8 Å². The number of rotatable bonds is 2. The minimum Gasteiger partial charge on any atom is -0.356 e. The van der Waals surface area contributed by atoms with E-state index in [-0.39, 0.29) is 0 Å². The van der Waals surface area contributed by atoms with Crippen LogP contribution in [0.3, 0.4) is 0 Å². The van der Waals surface area contributed by atoms with E-state index in [2.05, 4.69) is 10.3 Å². The third-order valence-corrected chi connectivity index (χ3v) is 4.19. The summed E-state index contributed by atoms with van der Waals surface area (Å²) >= 11 is 0. The third-order valence-electron chi connectivity index (χ3n) is 4.19. The Morgan fingerprint density at radius 3 is 1.38 bits per heavy atom. The van der Waals surface area contributed by atoms with Crippen molar-refractivity contribution in [3.63, 3.8) is 0 Å². The highest BCUT2D eigenvalue weighted by Crippen LogP contribution is 2.31. The lowest BCUT2D eigenvalue weighted by Crippen LogP contribution is -1.81. The molecule has 0 radical (unpaired) electrons. The summed E-state index contributed by atoms with van der Waals surface area (Å²) in [7, 11) is 0. The Labute approximate surface area is 137 Å². The van der Waals surface area contributed by atoms with Gasteiger partial charge in [0.25, 0.3) is 0 Å². The molecule has 2 heterocycles. The molecule has 0 unspecified atom stereocenters. The average Bonchev–Trinajstić information content (AvgIpc) is 3.26. The van der Waals surface area contributed by atoms with Crippen molar-refractivity contribution in [2.45, 2.75) is 0 Å². The quantitative estimate of drug-likeness (QED) is 0.443. The van der Waals surface area contributed by atoms with Gasteiger partial charge in [0.05, 0.1) is 0 Å². The Morgan fingerprint density at radius 2 is 0.917 bits per heavy atom. The minimum absolute atomic E-state index is 0.791. The van der Waals surface area contributed by atoms with Gasteiger partial charge in [0, 0.05) is 21.9 Å². The van der Waals surface area contributed by atoms with Crippen LogP contribution >= 0.6 is 0 Å². The van der Waals surface area contributed by atoms with E-state index in [9.17, 15) is 0 Å². The first-order valence-corrected chi connectivity index (χ1v) is 7.70. The van der Waals surface area contributed by atoms with E-state index < -0.39 is 0 Å². The molecule has 0 N–H and O–H groups in total. The lowest BCUT2D eigenvalue weighted by atomic mass is 10.0. The Hall–Kier alpha value is -3.40. The van der Waals surface area contributed by atoms with E-state index in [1.165, 1.54) is 0 Å². The van der Waals surface area contributed by atoms with Crippen molar-refractivity contribution in [1.29, 1.82) is 0 Å². The fraction of sp³-hybridized carbons (Fsp3) is 0. The Kier molecular flexibility index (Phi) is 2.76. The second-order valence-electron chi connectivity index (χ2n) is 5.63. The van der Waals surface area contributed by atoms with Crippen LogP contribution in [0.25, 0.3) is 44.5 Å². The molecular weight excluding hydrogens is 300 g/mol. The molecule has 24 heavy (non-hydrogen) atoms. The van der Waals surface area contributed by atoms with E-state index in [0.29, 0.717) is 0 Å². The number of hydrogen-bond donors (Lipinski definition) is 0. The lowest BCUT2D eigenvalue weighted by Gasteiger charge is -2.00. The van der Waals surface area contributed by atoms with Gasteiger partial charge in [0.2, 0.25) is 0 Å². The first-order valence-electron chi connectivity index (χ1n) is 7.70. The van der Waals surface area contributed by atoms with Gasteiger partial charge in [-0.05, 0) is 24.3 Å². The molecule has 2 aromatic heterocycles. The van der Waals surface area contributed by atoms with Gasteiger partial charge in [-0.25, -0.2) is 0 Å². The van der Waals surface area contributed by atoms with Crippen LogP contribution in [0.1, 0.15) is 0 Å². The summed E-state index contributed by atoms with van der Waals surface area (Å²) in [6.07, 6.45) is 0. The van der Waals surface area contributed by atoms with Gasteiger partial charge in [-0.15, -0.1) is 0 Å².